The third kappa shape index (κ3) is 5.67. The van der Waals surface area contributed by atoms with E-state index in [-0.39, 0.29) is 0 Å². The van der Waals surface area contributed by atoms with Gasteiger partial charge in [0.05, 0.1) is 0 Å². The summed E-state index contributed by atoms with van der Waals surface area (Å²) < 4.78 is 0. The molecule has 0 bridgehead atoms. The molecule has 0 spiro atoms. The highest BCUT2D eigenvalue weighted by Crippen LogP contribution is 2.37. The van der Waals surface area contributed by atoms with Crippen LogP contribution in [0, 0.1) is 11.3 Å². The van der Waals surface area contributed by atoms with E-state index in [1.165, 1.54) is 71.0 Å². The molecule has 1 aliphatic rings. The van der Waals surface area contributed by atoms with Crippen molar-refractivity contribution in [2.75, 3.05) is 25.4 Å². The van der Waals surface area contributed by atoms with E-state index in [1.54, 1.807) is 0 Å². The Balaban J connectivity index is 2.59. The van der Waals surface area contributed by atoms with Gasteiger partial charge in [-0.2, -0.15) is 12.6 Å². The van der Waals surface area contributed by atoms with Crippen molar-refractivity contribution in [2.24, 2.45) is 11.3 Å². The minimum absolute atomic E-state index is 0.502. The van der Waals surface area contributed by atoms with Gasteiger partial charge in [-0.1, -0.05) is 59.3 Å². The van der Waals surface area contributed by atoms with Gasteiger partial charge in [-0.25, -0.2) is 0 Å². The lowest BCUT2D eigenvalue weighted by atomic mass is 9.81. The molecule has 0 atom stereocenters. The molecule has 0 aromatic rings. The summed E-state index contributed by atoms with van der Waals surface area (Å²) >= 11 is 4.72. The first-order valence-electron chi connectivity index (χ1n) is 8.53. The molecule has 0 aromatic heterocycles. The first-order valence-corrected chi connectivity index (χ1v) is 9.16. The van der Waals surface area contributed by atoms with Gasteiger partial charge >= 0.3 is 0 Å². The number of rotatable bonds is 8. The second-order valence-corrected chi connectivity index (χ2v) is 6.90. The first kappa shape index (κ1) is 17.4. The Kier molecular flexibility index (Phi) is 8.48. The third-order valence-corrected chi connectivity index (χ3v) is 5.85. The Hall–Kier alpha value is 0.310. The highest BCUT2D eigenvalue weighted by Gasteiger charge is 2.31. The summed E-state index contributed by atoms with van der Waals surface area (Å²) in [7, 11) is 0. The van der Waals surface area contributed by atoms with Crippen molar-refractivity contribution in [1.29, 1.82) is 0 Å². The Morgan fingerprint density at radius 1 is 1.00 bits per heavy atom. The predicted octanol–water partition coefficient (Wildman–Crippen LogP) is 5.01. The van der Waals surface area contributed by atoms with E-state index in [2.05, 4.69) is 25.7 Å². The highest BCUT2D eigenvalue weighted by atomic mass is 32.1. The molecule has 2 heteroatoms. The second kappa shape index (κ2) is 9.28. The molecule has 1 nitrogen and oxygen atoms in total. The zero-order chi connectivity index (χ0) is 14.1. The molecule has 1 aliphatic carbocycles. The van der Waals surface area contributed by atoms with E-state index in [4.69, 9.17) is 12.6 Å². The number of nitrogens with zero attached hydrogens (tertiary/aromatic N) is 1. The lowest BCUT2D eigenvalue weighted by Crippen LogP contribution is -2.41. The van der Waals surface area contributed by atoms with Crippen LogP contribution in [0.3, 0.4) is 0 Å². The summed E-state index contributed by atoms with van der Waals surface area (Å²) in [6.07, 6.45) is 11.2. The number of thiol groups is 1. The molecular weight excluding hydrogens is 250 g/mol. The fraction of sp³-hybridized carbons (Fsp3) is 1.00. The van der Waals surface area contributed by atoms with E-state index in [1.807, 2.05) is 0 Å². The Morgan fingerprint density at radius 2 is 1.58 bits per heavy atom. The van der Waals surface area contributed by atoms with Gasteiger partial charge in [-0.3, -0.25) is 0 Å². The van der Waals surface area contributed by atoms with Crippen LogP contribution >= 0.6 is 12.6 Å². The molecule has 1 fully saturated rings. The van der Waals surface area contributed by atoms with Gasteiger partial charge < -0.3 is 4.90 Å². The smallest absolute Gasteiger partial charge is 0.00458 e. The normalized spacial score (nSPS) is 19.9. The van der Waals surface area contributed by atoms with Crippen LogP contribution in [0.25, 0.3) is 0 Å². The monoisotopic (exact) mass is 285 g/mol. The predicted molar refractivity (Wildman–Crippen MR) is 90.2 cm³/mol. The highest BCUT2D eigenvalue weighted by molar-refractivity contribution is 7.80. The van der Waals surface area contributed by atoms with E-state index in [9.17, 15) is 0 Å². The summed E-state index contributed by atoms with van der Waals surface area (Å²) in [4.78, 5) is 2.71. The molecule has 0 unspecified atom stereocenters. The van der Waals surface area contributed by atoms with Crippen LogP contribution in [0.2, 0.25) is 0 Å². The number of hydrogen-bond donors (Lipinski definition) is 1. The molecule has 0 N–H and O–H groups in total. The van der Waals surface area contributed by atoms with Gasteiger partial charge in [0, 0.05) is 13.1 Å². The molecule has 0 aliphatic heterocycles. The SMILES string of the molecule is CCC(CC)CN(CC)CC1(CS)CCCCCC1. The first-order chi connectivity index (χ1) is 9.19. The average Bonchev–Trinajstić information content (AvgIpc) is 2.69. The zero-order valence-electron chi connectivity index (χ0n) is 13.5. The van der Waals surface area contributed by atoms with Crippen molar-refractivity contribution in [3.8, 4) is 0 Å². The summed E-state index contributed by atoms with van der Waals surface area (Å²) in [5.41, 5.74) is 0.502. The van der Waals surface area contributed by atoms with Crippen molar-refractivity contribution < 1.29 is 0 Å². The zero-order valence-corrected chi connectivity index (χ0v) is 14.4. The van der Waals surface area contributed by atoms with E-state index < -0.39 is 0 Å². The minimum Gasteiger partial charge on any atom is -0.303 e. The summed E-state index contributed by atoms with van der Waals surface area (Å²) in [5.74, 6) is 1.95. The van der Waals surface area contributed by atoms with Gasteiger partial charge in [-0.15, -0.1) is 0 Å². The molecule has 0 saturated heterocycles. The molecule has 0 heterocycles. The molecule has 0 aromatic carbocycles. The lowest BCUT2D eigenvalue weighted by Gasteiger charge is -2.38. The number of hydrogen-bond acceptors (Lipinski definition) is 2. The van der Waals surface area contributed by atoms with Gasteiger partial charge in [0.25, 0.3) is 0 Å². The van der Waals surface area contributed by atoms with Crippen LogP contribution in [-0.2, 0) is 0 Å². The third-order valence-electron chi connectivity index (χ3n) is 5.18. The molecule has 114 valence electrons. The average molecular weight is 286 g/mol. The standard InChI is InChI=1S/C17H35NS/c1-4-16(5-2)13-18(6-3)14-17(15-19)11-9-7-8-10-12-17/h16,19H,4-15H2,1-3H3. The van der Waals surface area contributed by atoms with Crippen LogP contribution in [0.5, 0.6) is 0 Å². The van der Waals surface area contributed by atoms with E-state index in [0.29, 0.717) is 5.41 Å². The largest absolute Gasteiger partial charge is 0.303 e. The lowest BCUT2D eigenvalue weighted by molar-refractivity contribution is 0.136. The Bertz CT molecular complexity index is 217. The fourth-order valence-corrected chi connectivity index (χ4v) is 3.95. The minimum atomic E-state index is 0.502. The second-order valence-electron chi connectivity index (χ2n) is 6.58. The van der Waals surface area contributed by atoms with Crippen molar-refractivity contribution >= 4 is 12.6 Å². The van der Waals surface area contributed by atoms with Gasteiger partial charge in [-0.05, 0) is 36.5 Å². The Morgan fingerprint density at radius 3 is 2.00 bits per heavy atom. The van der Waals surface area contributed by atoms with E-state index in [0.717, 1.165) is 11.7 Å². The quantitative estimate of drug-likeness (QED) is 0.484. The van der Waals surface area contributed by atoms with Crippen LogP contribution < -0.4 is 0 Å². The Labute approximate surface area is 126 Å². The molecular formula is C17H35NS. The molecule has 0 amide bonds. The maximum absolute atomic E-state index is 4.72. The summed E-state index contributed by atoms with van der Waals surface area (Å²) in [5, 5.41) is 0. The summed E-state index contributed by atoms with van der Waals surface area (Å²) in [6, 6.07) is 0. The maximum atomic E-state index is 4.72. The molecule has 1 rings (SSSR count). The van der Waals surface area contributed by atoms with Gasteiger partial charge in [0.1, 0.15) is 0 Å². The van der Waals surface area contributed by atoms with Crippen molar-refractivity contribution in [2.45, 2.75) is 72.1 Å². The molecule has 19 heavy (non-hydrogen) atoms. The van der Waals surface area contributed by atoms with Crippen molar-refractivity contribution in [3.05, 3.63) is 0 Å². The van der Waals surface area contributed by atoms with Crippen LogP contribution in [0.4, 0.5) is 0 Å². The van der Waals surface area contributed by atoms with Crippen LogP contribution in [0.1, 0.15) is 72.1 Å². The molecule has 1 saturated carbocycles. The summed E-state index contributed by atoms with van der Waals surface area (Å²) in [6.45, 7) is 10.8. The molecule has 0 radical (unpaired) electrons. The van der Waals surface area contributed by atoms with Crippen molar-refractivity contribution in [3.63, 3.8) is 0 Å². The topological polar surface area (TPSA) is 3.24 Å². The van der Waals surface area contributed by atoms with Gasteiger partial charge in [0.2, 0.25) is 0 Å². The van der Waals surface area contributed by atoms with Crippen molar-refractivity contribution in [1.82, 2.24) is 4.90 Å². The van der Waals surface area contributed by atoms with E-state index >= 15 is 0 Å². The maximum Gasteiger partial charge on any atom is 0.00458 e. The fourth-order valence-electron chi connectivity index (χ4n) is 3.54. The van der Waals surface area contributed by atoms with Crippen LogP contribution in [-0.4, -0.2) is 30.3 Å². The van der Waals surface area contributed by atoms with Crippen LogP contribution in [0.15, 0.2) is 0 Å². The van der Waals surface area contributed by atoms with Gasteiger partial charge in [0.15, 0.2) is 0 Å².